The van der Waals surface area contributed by atoms with Gasteiger partial charge in [0.25, 0.3) is 0 Å². The van der Waals surface area contributed by atoms with Crippen LogP contribution in [0.1, 0.15) is 5.56 Å². The van der Waals surface area contributed by atoms with Crippen molar-refractivity contribution in [2.45, 2.75) is 0 Å². The molecule has 0 bridgehead atoms. The zero-order valence-corrected chi connectivity index (χ0v) is 5.24. The summed E-state index contributed by atoms with van der Waals surface area (Å²) in [7, 11) is 0. The van der Waals surface area contributed by atoms with Crippen LogP contribution in [0.4, 0.5) is 13.2 Å². The van der Waals surface area contributed by atoms with Gasteiger partial charge in [0, 0.05) is 12.1 Å². The fraction of sp³-hybridized carbons (Fsp3) is 0. The molecule has 0 saturated heterocycles. The van der Waals surface area contributed by atoms with Crippen LogP contribution in [0, 0.1) is 28.8 Å². The average molecular weight is 158 g/mol. The van der Waals surface area contributed by atoms with Crippen molar-refractivity contribution >= 4 is 0 Å². The van der Waals surface area contributed by atoms with Crippen molar-refractivity contribution in [1.82, 2.24) is 0 Å². The molecule has 0 amide bonds. The molecule has 1 rings (SSSR count). The molecule has 0 aliphatic heterocycles. The van der Waals surface area contributed by atoms with Gasteiger partial charge in [-0.3, -0.25) is 0 Å². The minimum absolute atomic E-state index is 0.460. The molecular formula is C7H2F3N. The predicted molar refractivity (Wildman–Crippen MR) is 31.0 cm³/mol. The van der Waals surface area contributed by atoms with Crippen molar-refractivity contribution in [3.63, 3.8) is 0 Å². The lowest BCUT2D eigenvalue weighted by Gasteiger charge is -1.94. The Balaban J connectivity index is 3.40. The van der Waals surface area contributed by atoms with Crippen molar-refractivity contribution in [1.29, 1.82) is 5.26 Å². The van der Waals surface area contributed by atoms with E-state index >= 15 is 0 Å². The highest BCUT2D eigenvalue weighted by atomic mass is 19.1. The maximum Gasteiger partial charge on any atom is 0.146 e. The van der Waals surface area contributed by atoms with E-state index in [1.165, 1.54) is 6.07 Å². The highest BCUT2D eigenvalue weighted by Crippen LogP contribution is 2.12. The Bertz CT molecular complexity index is 304. The van der Waals surface area contributed by atoms with Crippen LogP contribution in [-0.4, -0.2) is 0 Å². The second-order valence-electron chi connectivity index (χ2n) is 1.86. The Hall–Kier alpha value is -1.50. The van der Waals surface area contributed by atoms with Gasteiger partial charge < -0.3 is 0 Å². The molecular weight excluding hydrogens is 156 g/mol. The Morgan fingerprint density at radius 1 is 1.09 bits per heavy atom. The average Bonchev–Trinajstić information content (AvgIpc) is 1.85. The molecule has 0 unspecified atom stereocenters. The minimum Gasteiger partial charge on any atom is -0.207 e. The van der Waals surface area contributed by atoms with Crippen LogP contribution < -0.4 is 0 Å². The van der Waals surface area contributed by atoms with Crippen LogP contribution in [0.5, 0.6) is 0 Å². The number of hydrogen-bond donors (Lipinski definition) is 0. The van der Waals surface area contributed by atoms with Crippen molar-refractivity contribution in [3.05, 3.63) is 35.1 Å². The van der Waals surface area contributed by atoms with E-state index in [1.807, 2.05) is 0 Å². The highest BCUT2D eigenvalue weighted by molar-refractivity contribution is 5.31. The van der Waals surface area contributed by atoms with Gasteiger partial charge in [0.05, 0.1) is 0 Å². The summed E-state index contributed by atoms with van der Waals surface area (Å²) in [4.78, 5) is 0. The number of hydrogen-bond acceptors (Lipinski definition) is 1. The number of rotatable bonds is 0. The maximum atomic E-state index is 12.4. The van der Waals surface area contributed by atoms with E-state index in [0.29, 0.717) is 12.1 Å². The Labute approximate surface area is 60.7 Å². The largest absolute Gasteiger partial charge is 0.207 e. The van der Waals surface area contributed by atoms with E-state index in [4.69, 9.17) is 5.26 Å². The molecule has 0 aliphatic rings. The quantitative estimate of drug-likeness (QED) is 0.529. The molecule has 11 heavy (non-hydrogen) atoms. The fourth-order valence-electron chi connectivity index (χ4n) is 0.649. The maximum absolute atomic E-state index is 12.4. The molecule has 0 atom stereocenters. The van der Waals surface area contributed by atoms with Gasteiger partial charge in [-0.2, -0.15) is 5.26 Å². The first kappa shape index (κ1) is 7.61. The van der Waals surface area contributed by atoms with Crippen LogP contribution in [-0.2, 0) is 0 Å². The summed E-state index contributed by atoms with van der Waals surface area (Å²) >= 11 is 0. The number of benzene rings is 1. The third-order valence-electron chi connectivity index (χ3n) is 1.12. The lowest BCUT2D eigenvalue weighted by molar-refractivity contribution is 0.539. The zero-order chi connectivity index (χ0) is 8.43. The van der Waals surface area contributed by atoms with Gasteiger partial charge in [0.2, 0.25) is 0 Å². The SMILES string of the molecule is [15N]#Cc1c(F)cc(F)cc1F. The topological polar surface area (TPSA) is 23.8 Å². The first-order valence-corrected chi connectivity index (χ1v) is 2.70. The summed E-state index contributed by atoms with van der Waals surface area (Å²) < 4.78 is 37.0. The Morgan fingerprint density at radius 2 is 1.55 bits per heavy atom. The van der Waals surface area contributed by atoms with Crippen LogP contribution in [0.2, 0.25) is 0 Å². The molecule has 0 aromatic heterocycles. The molecule has 0 spiro atoms. The van der Waals surface area contributed by atoms with Crippen LogP contribution in [0.3, 0.4) is 0 Å². The lowest BCUT2D eigenvalue weighted by Crippen LogP contribution is -1.91. The second-order valence-corrected chi connectivity index (χ2v) is 1.86. The van der Waals surface area contributed by atoms with Gasteiger partial charge >= 0.3 is 0 Å². The normalized spacial score (nSPS) is 9.27. The zero-order valence-electron chi connectivity index (χ0n) is 5.24. The molecule has 0 saturated carbocycles. The van der Waals surface area contributed by atoms with Crippen molar-refractivity contribution in [3.8, 4) is 6.07 Å². The van der Waals surface area contributed by atoms with Crippen molar-refractivity contribution in [2.75, 3.05) is 0 Å². The molecule has 56 valence electrons. The van der Waals surface area contributed by atoms with Gasteiger partial charge in [0.1, 0.15) is 29.1 Å². The predicted octanol–water partition coefficient (Wildman–Crippen LogP) is 1.98. The van der Waals surface area contributed by atoms with Gasteiger partial charge in [-0.25, -0.2) is 13.2 Å². The molecule has 0 heterocycles. The molecule has 0 radical (unpaired) electrons. The summed E-state index contributed by atoms with van der Waals surface area (Å²) in [5, 5.41) is 8.14. The van der Waals surface area contributed by atoms with E-state index in [-0.39, 0.29) is 0 Å². The van der Waals surface area contributed by atoms with Gasteiger partial charge in [-0.1, -0.05) is 0 Å². The fourth-order valence-corrected chi connectivity index (χ4v) is 0.649. The number of nitriles is 1. The van der Waals surface area contributed by atoms with Crippen LogP contribution >= 0.6 is 0 Å². The number of halogens is 3. The molecule has 4 heteroatoms. The minimum atomic E-state index is -1.18. The molecule has 1 nitrogen and oxygen atoms in total. The van der Waals surface area contributed by atoms with Crippen molar-refractivity contribution < 1.29 is 13.2 Å². The van der Waals surface area contributed by atoms with E-state index in [2.05, 4.69) is 0 Å². The standard InChI is InChI=1S/C7H2F3N/c8-4-1-6(9)5(3-11)7(10)2-4/h1-2H/i11+1. The second kappa shape index (κ2) is 2.62. The third kappa shape index (κ3) is 1.32. The molecule has 1 aromatic carbocycles. The van der Waals surface area contributed by atoms with Crippen LogP contribution in [0.25, 0.3) is 0 Å². The van der Waals surface area contributed by atoms with Crippen molar-refractivity contribution in [2.24, 2.45) is 0 Å². The Morgan fingerprint density at radius 3 is 1.91 bits per heavy atom. The smallest absolute Gasteiger partial charge is 0.146 e. The summed E-state index contributed by atoms with van der Waals surface area (Å²) in [6, 6.07) is 2.19. The third-order valence-corrected chi connectivity index (χ3v) is 1.12. The van der Waals surface area contributed by atoms with E-state index in [9.17, 15) is 13.2 Å². The monoisotopic (exact) mass is 158 g/mol. The summed E-state index contributed by atoms with van der Waals surface area (Å²) in [6.07, 6.45) is 0. The highest BCUT2D eigenvalue weighted by Gasteiger charge is 2.09. The first-order valence-electron chi connectivity index (χ1n) is 2.70. The summed E-state index contributed by atoms with van der Waals surface area (Å²) in [5.41, 5.74) is -0.758. The first-order chi connectivity index (χ1) is 5.15. The van der Waals surface area contributed by atoms with Crippen LogP contribution in [0.15, 0.2) is 12.1 Å². The van der Waals surface area contributed by atoms with Gasteiger partial charge in [-0.15, -0.1) is 0 Å². The summed E-state index contributed by atoms with van der Waals surface area (Å²) in [5.74, 6) is -3.38. The van der Waals surface area contributed by atoms with E-state index in [0.717, 1.165) is 0 Å². The lowest BCUT2D eigenvalue weighted by atomic mass is 10.2. The van der Waals surface area contributed by atoms with E-state index < -0.39 is 23.0 Å². The molecule has 0 aliphatic carbocycles. The van der Waals surface area contributed by atoms with Gasteiger partial charge in [-0.05, 0) is 0 Å². The van der Waals surface area contributed by atoms with E-state index in [1.54, 1.807) is 0 Å². The molecule has 0 fully saturated rings. The Kier molecular flexibility index (Phi) is 1.81. The number of nitrogens with zero attached hydrogens (tertiary/aromatic N) is 1. The molecule has 0 N–H and O–H groups in total. The van der Waals surface area contributed by atoms with Gasteiger partial charge in [0.15, 0.2) is 0 Å². The summed E-state index contributed by atoms with van der Waals surface area (Å²) in [6.45, 7) is 0. The molecule has 1 aromatic rings.